The van der Waals surface area contributed by atoms with Gasteiger partial charge in [0.15, 0.2) is 0 Å². The lowest BCUT2D eigenvalue weighted by atomic mass is 10.2. The molecular weight excluding hydrogens is 416 g/mol. The summed E-state index contributed by atoms with van der Waals surface area (Å²) in [6.45, 7) is 6.03. The molecule has 3 rings (SSSR count). The second kappa shape index (κ2) is 13.5. The first kappa shape index (κ1) is 25.4. The number of hydrogen-bond donors (Lipinski definition) is 2. The van der Waals surface area contributed by atoms with Crippen LogP contribution in [-0.4, -0.2) is 17.9 Å². The lowest BCUT2D eigenvalue weighted by molar-refractivity contribution is 0.102. The van der Waals surface area contributed by atoms with Crippen molar-refractivity contribution in [2.24, 2.45) is 0 Å². The van der Waals surface area contributed by atoms with Gasteiger partial charge >= 0.3 is 0 Å². The van der Waals surface area contributed by atoms with E-state index in [0.29, 0.717) is 11.4 Å². The van der Waals surface area contributed by atoms with Crippen LogP contribution >= 0.6 is 25.7 Å². The molecule has 0 aliphatic carbocycles. The third-order valence-corrected chi connectivity index (χ3v) is 4.32. The standard InChI is InChI=1S/C20H20N4O2S.C2H6.H2S/c1-15-9-11-16(12-10-15)23-26-27-24(2)18-7-5-6-17(14-18)22-20(25)19-8-3-4-13-21-19;1-2;/h3-14,23H,1-2H3,(H,22,25);1-2H3;1H2. The van der Waals surface area contributed by atoms with Crippen molar-refractivity contribution in [2.75, 3.05) is 22.1 Å². The number of pyridine rings is 1. The molecule has 0 atom stereocenters. The highest BCUT2D eigenvalue weighted by atomic mass is 32.2. The van der Waals surface area contributed by atoms with Crippen LogP contribution in [0.25, 0.3) is 0 Å². The lowest BCUT2D eigenvalue weighted by Gasteiger charge is -2.18. The van der Waals surface area contributed by atoms with Gasteiger partial charge in [0.2, 0.25) is 0 Å². The first-order chi connectivity index (χ1) is 14.1. The van der Waals surface area contributed by atoms with E-state index in [4.69, 9.17) is 4.28 Å². The fraction of sp³-hybridized carbons (Fsp3) is 0.182. The molecule has 0 aliphatic rings. The van der Waals surface area contributed by atoms with Crippen molar-refractivity contribution >= 4 is 48.7 Å². The van der Waals surface area contributed by atoms with Crippen LogP contribution in [0.1, 0.15) is 29.9 Å². The van der Waals surface area contributed by atoms with Crippen LogP contribution in [0.3, 0.4) is 0 Å². The van der Waals surface area contributed by atoms with Gasteiger partial charge < -0.3 is 5.32 Å². The quantitative estimate of drug-likeness (QED) is 0.272. The van der Waals surface area contributed by atoms with Crippen LogP contribution in [-0.2, 0) is 4.28 Å². The Bertz CT molecular complexity index is 893. The number of nitrogens with one attached hydrogen (secondary N) is 2. The Balaban J connectivity index is 0.00000146. The van der Waals surface area contributed by atoms with E-state index in [1.165, 1.54) is 5.56 Å². The molecule has 1 amide bonds. The van der Waals surface area contributed by atoms with Crippen LogP contribution in [0.4, 0.5) is 17.1 Å². The van der Waals surface area contributed by atoms with Crippen molar-refractivity contribution in [1.82, 2.24) is 4.98 Å². The summed E-state index contributed by atoms with van der Waals surface area (Å²) in [5, 5.41) is 2.85. The third kappa shape index (κ3) is 7.98. The molecule has 160 valence electrons. The number of aromatic nitrogens is 1. The Kier molecular flexibility index (Phi) is 11.4. The van der Waals surface area contributed by atoms with E-state index >= 15 is 0 Å². The van der Waals surface area contributed by atoms with Gasteiger partial charge in [-0.2, -0.15) is 17.8 Å². The summed E-state index contributed by atoms with van der Waals surface area (Å²) in [7, 11) is 1.88. The maximum absolute atomic E-state index is 12.2. The van der Waals surface area contributed by atoms with Gasteiger partial charge in [0, 0.05) is 18.9 Å². The molecule has 2 N–H and O–H groups in total. The van der Waals surface area contributed by atoms with Crippen molar-refractivity contribution in [3.63, 3.8) is 0 Å². The van der Waals surface area contributed by atoms with Gasteiger partial charge in [-0.25, -0.2) is 0 Å². The minimum atomic E-state index is -0.250. The Morgan fingerprint density at radius 2 is 1.73 bits per heavy atom. The van der Waals surface area contributed by atoms with E-state index in [-0.39, 0.29) is 19.4 Å². The smallest absolute Gasteiger partial charge is 0.274 e. The number of rotatable bonds is 7. The second-order valence-electron chi connectivity index (χ2n) is 5.84. The van der Waals surface area contributed by atoms with E-state index in [0.717, 1.165) is 23.6 Å². The number of aryl methyl sites for hydroxylation is 1. The maximum Gasteiger partial charge on any atom is 0.274 e. The molecule has 2 aromatic carbocycles. The lowest BCUT2D eigenvalue weighted by Crippen LogP contribution is -2.14. The monoisotopic (exact) mass is 444 g/mol. The van der Waals surface area contributed by atoms with E-state index in [9.17, 15) is 4.79 Å². The van der Waals surface area contributed by atoms with Crippen LogP contribution in [0.15, 0.2) is 72.9 Å². The predicted molar refractivity (Wildman–Crippen MR) is 132 cm³/mol. The SMILES string of the molecule is CC.Cc1ccc(NOSN(C)c2cccc(NC(=O)c3ccccn3)c2)cc1.S. The molecule has 0 spiro atoms. The molecule has 0 aliphatic heterocycles. The summed E-state index contributed by atoms with van der Waals surface area (Å²) < 4.78 is 7.31. The van der Waals surface area contributed by atoms with Crippen molar-refractivity contribution in [1.29, 1.82) is 0 Å². The number of nitrogens with zero attached hydrogens (tertiary/aromatic N) is 2. The van der Waals surface area contributed by atoms with E-state index in [2.05, 4.69) is 15.8 Å². The van der Waals surface area contributed by atoms with Gasteiger partial charge in [0.1, 0.15) is 17.9 Å². The summed E-state index contributed by atoms with van der Waals surface area (Å²) in [4.78, 5) is 16.3. The molecule has 1 heterocycles. The fourth-order valence-corrected chi connectivity index (χ4v) is 2.70. The normalized spacial score (nSPS) is 9.47. The zero-order valence-corrected chi connectivity index (χ0v) is 19.4. The molecule has 0 unspecified atom stereocenters. The highest BCUT2D eigenvalue weighted by Crippen LogP contribution is 2.25. The van der Waals surface area contributed by atoms with E-state index in [1.807, 2.05) is 80.7 Å². The second-order valence-corrected chi connectivity index (χ2v) is 6.71. The van der Waals surface area contributed by atoms with Gasteiger partial charge in [-0.05, 0) is 49.4 Å². The molecule has 8 heteroatoms. The highest BCUT2D eigenvalue weighted by Gasteiger charge is 2.09. The molecule has 30 heavy (non-hydrogen) atoms. The Morgan fingerprint density at radius 3 is 2.40 bits per heavy atom. The van der Waals surface area contributed by atoms with Gasteiger partial charge in [0.05, 0.1) is 11.4 Å². The summed E-state index contributed by atoms with van der Waals surface area (Å²) in [5.41, 5.74) is 6.88. The third-order valence-electron chi connectivity index (χ3n) is 3.73. The number of carbonyl (C=O) groups excluding carboxylic acids is 1. The van der Waals surface area contributed by atoms with Crippen molar-refractivity contribution in [3.05, 3.63) is 84.2 Å². The van der Waals surface area contributed by atoms with Gasteiger partial charge in [-0.15, -0.1) is 0 Å². The molecule has 0 radical (unpaired) electrons. The molecule has 1 aromatic heterocycles. The Labute approximate surface area is 189 Å². The zero-order chi connectivity index (χ0) is 21.1. The molecule has 0 bridgehead atoms. The summed E-state index contributed by atoms with van der Waals surface area (Å²) in [6, 6.07) is 20.6. The average Bonchev–Trinajstić information content (AvgIpc) is 2.77. The minimum Gasteiger partial charge on any atom is -0.321 e. The van der Waals surface area contributed by atoms with Crippen molar-refractivity contribution in [2.45, 2.75) is 20.8 Å². The van der Waals surface area contributed by atoms with E-state index in [1.54, 1.807) is 24.4 Å². The molecule has 0 saturated heterocycles. The maximum atomic E-state index is 12.2. The van der Waals surface area contributed by atoms with Crippen LogP contribution in [0, 0.1) is 6.92 Å². The Morgan fingerprint density at radius 1 is 1.00 bits per heavy atom. The number of carbonyl (C=O) groups is 1. The van der Waals surface area contributed by atoms with Gasteiger partial charge in [-0.1, -0.05) is 43.7 Å². The summed E-state index contributed by atoms with van der Waals surface area (Å²) in [5.74, 6) is -0.250. The van der Waals surface area contributed by atoms with Crippen molar-refractivity contribution in [3.8, 4) is 0 Å². The molecule has 3 aromatic rings. The number of benzene rings is 2. The van der Waals surface area contributed by atoms with Gasteiger partial charge in [0.25, 0.3) is 5.91 Å². The predicted octanol–water partition coefficient (Wildman–Crippen LogP) is 5.82. The number of anilines is 3. The first-order valence-electron chi connectivity index (χ1n) is 9.34. The summed E-state index contributed by atoms with van der Waals surface area (Å²) >= 11 is 1.15. The zero-order valence-electron chi connectivity index (χ0n) is 17.5. The minimum absolute atomic E-state index is 0. The van der Waals surface area contributed by atoms with Gasteiger partial charge in [-0.3, -0.25) is 19.6 Å². The molecule has 0 fully saturated rings. The van der Waals surface area contributed by atoms with E-state index < -0.39 is 0 Å². The number of hydrogen-bond acceptors (Lipinski definition) is 6. The highest BCUT2D eigenvalue weighted by molar-refractivity contribution is 7.96. The number of amides is 1. The Hall–Kier alpha value is -2.68. The largest absolute Gasteiger partial charge is 0.321 e. The topological polar surface area (TPSA) is 66.5 Å². The van der Waals surface area contributed by atoms with Crippen molar-refractivity contribution < 1.29 is 9.08 Å². The summed E-state index contributed by atoms with van der Waals surface area (Å²) in [6.07, 6.45) is 1.59. The van der Waals surface area contributed by atoms with Crippen LogP contribution < -0.4 is 15.1 Å². The first-order valence-corrected chi connectivity index (χ1v) is 10.0. The van der Waals surface area contributed by atoms with Crippen LogP contribution in [0.5, 0.6) is 0 Å². The van der Waals surface area contributed by atoms with Crippen LogP contribution in [0.2, 0.25) is 0 Å². The molecule has 0 saturated carbocycles. The fourth-order valence-electron chi connectivity index (χ4n) is 2.26. The molecular formula is C22H28N4O2S2. The molecule has 6 nitrogen and oxygen atoms in total. The average molecular weight is 445 g/mol.